The van der Waals surface area contributed by atoms with E-state index in [4.69, 9.17) is 0 Å². The summed E-state index contributed by atoms with van der Waals surface area (Å²) in [5, 5.41) is 3.62. The number of nitrogens with one attached hydrogen (secondary N) is 1. The fraction of sp³-hybridized carbons (Fsp3) is 0.429. The van der Waals surface area contributed by atoms with Crippen molar-refractivity contribution in [2.45, 2.75) is 45.8 Å². The zero-order valence-electron chi connectivity index (χ0n) is 14.4. The van der Waals surface area contributed by atoms with Crippen LogP contribution < -0.4 is 5.32 Å². The van der Waals surface area contributed by atoms with E-state index in [0.717, 1.165) is 13.1 Å². The molecule has 1 atom stereocenters. The number of nitrogens with zero attached hydrogens (tertiary/aromatic N) is 1. The van der Waals surface area contributed by atoms with Gasteiger partial charge in [0, 0.05) is 19.1 Å². The van der Waals surface area contributed by atoms with Gasteiger partial charge in [-0.1, -0.05) is 54.1 Å². The lowest BCUT2D eigenvalue weighted by Crippen LogP contribution is -2.19. The lowest BCUT2D eigenvalue weighted by Gasteiger charge is -2.17. The number of likely N-dealkylation sites (tertiary alicyclic amines) is 1. The summed E-state index contributed by atoms with van der Waals surface area (Å²) in [6.45, 7) is 8.90. The summed E-state index contributed by atoms with van der Waals surface area (Å²) in [5.74, 6) is 0. The first-order valence-corrected chi connectivity index (χ1v) is 8.81. The van der Waals surface area contributed by atoms with Gasteiger partial charge < -0.3 is 5.32 Å². The van der Waals surface area contributed by atoms with E-state index >= 15 is 0 Å². The number of hydrogen-bond acceptors (Lipinski definition) is 2. The highest BCUT2D eigenvalue weighted by molar-refractivity contribution is 5.25. The molecule has 1 saturated heterocycles. The second-order valence-electron chi connectivity index (χ2n) is 6.81. The van der Waals surface area contributed by atoms with Crippen molar-refractivity contribution < 1.29 is 0 Å². The maximum Gasteiger partial charge on any atom is 0.0294 e. The molecule has 2 heteroatoms. The summed E-state index contributed by atoms with van der Waals surface area (Å²) >= 11 is 0. The fourth-order valence-electron chi connectivity index (χ4n) is 3.21. The van der Waals surface area contributed by atoms with Crippen LogP contribution >= 0.6 is 0 Å². The first-order chi connectivity index (χ1) is 11.2. The Bertz CT molecular complexity index is 595. The molecular formula is C21H28N2. The molecule has 0 amide bonds. The van der Waals surface area contributed by atoms with E-state index in [9.17, 15) is 0 Å². The molecule has 2 aromatic rings. The molecule has 0 aromatic heterocycles. The van der Waals surface area contributed by atoms with Crippen molar-refractivity contribution in [3.05, 3.63) is 70.8 Å². The molecule has 122 valence electrons. The van der Waals surface area contributed by atoms with Gasteiger partial charge in [0.15, 0.2) is 0 Å². The number of rotatable bonds is 6. The van der Waals surface area contributed by atoms with E-state index in [1.165, 1.54) is 48.2 Å². The third kappa shape index (κ3) is 4.66. The Morgan fingerprint density at radius 1 is 0.913 bits per heavy atom. The molecule has 2 aromatic carbocycles. The molecule has 0 radical (unpaired) electrons. The molecule has 0 bridgehead atoms. The van der Waals surface area contributed by atoms with Gasteiger partial charge in [0.2, 0.25) is 0 Å². The molecule has 1 fully saturated rings. The van der Waals surface area contributed by atoms with Gasteiger partial charge in [0.1, 0.15) is 0 Å². The Labute approximate surface area is 140 Å². The predicted octanol–water partition coefficient (Wildman–Crippen LogP) is 4.44. The van der Waals surface area contributed by atoms with E-state index in [1.807, 2.05) is 0 Å². The minimum Gasteiger partial charge on any atom is -0.306 e. The standard InChI is InChI=1S/C21H28N2/c1-17-5-7-19(8-6-17)15-22-18(2)21-11-9-20(10-12-21)16-23-13-3-4-14-23/h5-12,18,22H,3-4,13-16H2,1-2H3. The third-order valence-electron chi connectivity index (χ3n) is 4.82. The maximum absolute atomic E-state index is 3.62. The van der Waals surface area contributed by atoms with Gasteiger partial charge >= 0.3 is 0 Å². The van der Waals surface area contributed by atoms with Gasteiger partial charge in [0.25, 0.3) is 0 Å². The summed E-state index contributed by atoms with van der Waals surface area (Å²) < 4.78 is 0. The third-order valence-corrected chi connectivity index (χ3v) is 4.82. The van der Waals surface area contributed by atoms with Gasteiger partial charge in [-0.15, -0.1) is 0 Å². The van der Waals surface area contributed by atoms with Crippen LogP contribution in [0.2, 0.25) is 0 Å². The Morgan fingerprint density at radius 2 is 1.52 bits per heavy atom. The van der Waals surface area contributed by atoms with Crippen molar-refractivity contribution in [2.24, 2.45) is 0 Å². The molecule has 23 heavy (non-hydrogen) atoms. The largest absolute Gasteiger partial charge is 0.306 e. The minimum atomic E-state index is 0.372. The van der Waals surface area contributed by atoms with Crippen molar-refractivity contribution in [1.29, 1.82) is 0 Å². The molecule has 0 saturated carbocycles. The lowest BCUT2D eigenvalue weighted by molar-refractivity contribution is 0.331. The van der Waals surface area contributed by atoms with Crippen LogP contribution in [0, 0.1) is 6.92 Å². The Balaban J connectivity index is 1.52. The normalized spacial score (nSPS) is 16.6. The molecule has 1 N–H and O–H groups in total. The first-order valence-electron chi connectivity index (χ1n) is 8.81. The van der Waals surface area contributed by atoms with Crippen LogP contribution in [0.1, 0.15) is 48.1 Å². The van der Waals surface area contributed by atoms with Crippen molar-refractivity contribution >= 4 is 0 Å². The van der Waals surface area contributed by atoms with Crippen molar-refractivity contribution in [3.8, 4) is 0 Å². The van der Waals surface area contributed by atoms with Crippen LogP contribution in [0.25, 0.3) is 0 Å². The van der Waals surface area contributed by atoms with Crippen LogP contribution in [0.15, 0.2) is 48.5 Å². The monoisotopic (exact) mass is 308 g/mol. The first kappa shape index (κ1) is 16.2. The number of benzene rings is 2. The molecule has 1 heterocycles. The SMILES string of the molecule is Cc1ccc(CNC(C)c2ccc(CN3CCCC3)cc2)cc1. The second kappa shape index (κ2) is 7.76. The molecular weight excluding hydrogens is 280 g/mol. The smallest absolute Gasteiger partial charge is 0.0294 e. The summed E-state index contributed by atoms with van der Waals surface area (Å²) in [4.78, 5) is 2.55. The van der Waals surface area contributed by atoms with E-state index in [2.05, 4.69) is 72.6 Å². The van der Waals surface area contributed by atoms with E-state index in [-0.39, 0.29) is 0 Å². The zero-order valence-corrected chi connectivity index (χ0v) is 14.4. The van der Waals surface area contributed by atoms with Gasteiger partial charge in [-0.2, -0.15) is 0 Å². The highest BCUT2D eigenvalue weighted by Gasteiger charge is 2.12. The van der Waals surface area contributed by atoms with Crippen LogP contribution in [0.3, 0.4) is 0 Å². The van der Waals surface area contributed by atoms with Gasteiger partial charge in [-0.25, -0.2) is 0 Å². The molecule has 1 unspecified atom stereocenters. The average Bonchev–Trinajstić information content (AvgIpc) is 3.08. The Kier molecular flexibility index (Phi) is 5.47. The van der Waals surface area contributed by atoms with Crippen LogP contribution in [0.5, 0.6) is 0 Å². The minimum absolute atomic E-state index is 0.372. The van der Waals surface area contributed by atoms with Crippen molar-refractivity contribution in [3.63, 3.8) is 0 Å². The topological polar surface area (TPSA) is 15.3 Å². The molecule has 2 nitrogen and oxygen atoms in total. The van der Waals surface area contributed by atoms with E-state index in [1.54, 1.807) is 0 Å². The van der Waals surface area contributed by atoms with Crippen LogP contribution in [0.4, 0.5) is 0 Å². The molecule has 1 aliphatic rings. The Hall–Kier alpha value is -1.64. The maximum atomic E-state index is 3.62. The summed E-state index contributed by atoms with van der Waals surface area (Å²) in [7, 11) is 0. The average molecular weight is 308 g/mol. The van der Waals surface area contributed by atoms with Gasteiger partial charge in [-0.3, -0.25) is 4.90 Å². The Morgan fingerprint density at radius 3 is 2.17 bits per heavy atom. The lowest BCUT2D eigenvalue weighted by atomic mass is 10.1. The summed E-state index contributed by atoms with van der Waals surface area (Å²) in [6.07, 6.45) is 2.72. The quantitative estimate of drug-likeness (QED) is 0.848. The second-order valence-corrected chi connectivity index (χ2v) is 6.81. The van der Waals surface area contributed by atoms with Crippen molar-refractivity contribution in [2.75, 3.05) is 13.1 Å². The summed E-state index contributed by atoms with van der Waals surface area (Å²) in [5.41, 5.74) is 5.45. The highest BCUT2D eigenvalue weighted by Crippen LogP contribution is 2.17. The molecule has 0 spiro atoms. The fourth-order valence-corrected chi connectivity index (χ4v) is 3.21. The number of hydrogen-bond donors (Lipinski definition) is 1. The molecule has 1 aliphatic heterocycles. The molecule has 0 aliphatic carbocycles. The van der Waals surface area contributed by atoms with E-state index in [0.29, 0.717) is 6.04 Å². The van der Waals surface area contributed by atoms with Crippen LogP contribution in [-0.2, 0) is 13.1 Å². The van der Waals surface area contributed by atoms with Crippen molar-refractivity contribution in [1.82, 2.24) is 10.2 Å². The summed E-state index contributed by atoms with van der Waals surface area (Å²) in [6, 6.07) is 18.3. The van der Waals surface area contributed by atoms with Gasteiger partial charge in [-0.05, 0) is 56.5 Å². The zero-order chi connectivity index (χ0) is 16.1. The number of aryl methyl sites for hydroxylation is 1. The van der Waals surface area contributed by atoms with E-state index < -0.39 is 0 Å². The van der Waals surface area contributed by atoms with Crippen LogP contribution in [-0.4, -0.2) is 18.0 Å². The predicted molar refractivity (Wildman–Crippen MR) is 97.4 cm³/mol. The highest BCUT2D eigenvalue weighted by atomic mass is 15.1. The van der Waals surface area contributed by atoms with Gasteiger partial charge in [0.05, 0.1) is 0 Å². The molecule has 3 rings (SSSR count).